The molecule has 0 fully saturated rings. The Labute approximate surface area is 172 Å². The van der Waals surface area contributed by atoms with Crippen molar-refractivity contribution in [2.45, 2.75) is 13.5 Å². The number of ether oxygens (including phenoxy) is 1. The predicted molar refractivity (Wildman–Crippen MR) is 112 cm³/mol. The molecule has 1 heterocycles. The first-order valence-corrected chi connectivity index (χ1v) is 9.85. The molecule has 0 saturated heterocycles. The highest BCUT2D eigenvalue weighted by atomic mass is 32.1. The zero-order chi connectivity index (χ0) is 20.6. The zero-order valence-corrected chi connectivity index (χ0v) is 16.6. The van der Waals surface area contributed by atoms with Crippen molar-refractivity contribution in [1.29, 1.82) is 0 Å². The Morgan fingerprint density at radius 2 is 1.69 bits per heavy atom. The van der Waals surface area contributed by atoms with Crippen molar-refractivity contribution >= 4 is 34.8 Å². The Kier molecular flexibility index (Phi) is 6.76. The van der Waals surface area contributed by atoms with E-state index in [0.29, 0.717) is 22.7 Å². The molecule has 2 N–H and O–H groups in total. The maximum Gasteiger partial charge on any atom is 0.349 e. The van der Waals surface area contributed by atoms with Gasteiger partial charge in [-0.15, -0.1) is 11.3 Å². The lowest BCUT2D eigenvalue weighted by Crippen LogP contribution is -2.26. The molecule has 2 amide bonds. The first-order valence-electron chi connectivity index (χ1n) is 8.97. The van der Waals surface area contributed by atoms with Crippen LogP contribution in [0.2, 0.25) is 0 Å². The van der Waals surface area contributed by atoms with Gasteiger partial charge in [0.25, 0.3) is 11.8 Å². The van der Waals surface area contributed by atoms with Crippen LogP contribution in [0.15, 0.2) is 66.0 Å². The number of para-hydroxylation sites is 1. The molecule has 0 atom stereocenters. The average molecular weight is 408 g/mol. The van der Waals surface area contributed by atoms with Crippen molar-refractivity contribution in [3.8, 4) is 0 Å². The molecular weight excluding hydrogens is 388 g/mol. The number of thiophene rings is 1. The molecule has 3 aromatic rings. The summed E-state index contributed by atoms with van der Waals surface area (Å²) in [6.07, 6.45) is 0. The molecule has 0 aliphatic heterocycles. The van der Waals surface area contributed by atoms with Crippen LogP contribution in [0.4, 0.5) is 5.69 Å². The molecule has 0 aliphatic rings. The summed E-state index contributed by atoms with van der Waals surface area (Å²) in [5, 5.41) is 7.25. The smallest absolute Gasteiger partial charge is 0.349 e. The van der Waals surface area contributed by atoms with Crippen LogP contribution in [-0.4, -0.2) is 24.4 Å². The standard InChI is InChI=1S/C22H20N2O4S/c1-15-11-12-29-20(15)22(27)28-14-19(25)24-18-10-6-5-9-17(18)21(26)23-13-16-7-3-2-4-8-16/h2-12H,13-14H2,1H3,(H,23,26)(H,24,25). The summed E-state index contributed by atoms with van der Waals surface area (Å²) in [4.78, 5) is 37.2. The second-order valence-electron chi connectivity index (χ2n) is 6.27. The summed E-state index contributed by atoms with van der Waals surface area (Å²) in [5.41, 5.74) is 2.46. The van der Waals surface area contributed by atoms with Crippen LogP contribution in [0.25, 0.3) is 0 Å². The average Bonchev–Trinajstić information content (AvgIpc) is 3.17. The fourth-order valence-electron chi connectivity index (χ4n) is 2.63. The van der Waals surface area contributed by atoms with Crippen LogP contribution in [0.5, 0.6) is 0 Å². The largest absolute Gasteiger partial charge is 0.451 e. The summed E-state index contributed by atoms with van der Waals surface area (Å²) < 4.78 is 5.07. The Morgan fingerprint density at radius 3 is 2.41 bits per heavy atom. The summed E-state index contributed by atoms with van der Waals surface area (Å²) in [6.45, 7) is 1.74. The van der Waals surface area contributed by atoms with Gasteiger partial charge in [-0.3, -0.25) is 9.59 Å². The Hall–Kier alpha value is -3.45. The summed E-state index contributed by atoms with van der Waals surface area (Å²) in [6, 6.07) is 18.0. The number of hydrogen-bond acceptors (Lipinski definition) is 5. The van der Waals surface area contributed by atoms with E-state index in [4.69, 9.17) is 4.74 Å². The molecule has 0 radical (unpaired) electrons. The Balaban J connectivity index is 1.58. The number of rotatable bonds is 7. The van der Waals surface area contributed by atoms with Crippen LogP contribution in [0, 0.1) is 6.92 Å². The Bertz CT molecular complexity index is 1010. The number of esters is 1. The van der Waals surface area contributed by atoms with Gasteiger partial charge in [0.2, 0.25) is 0 Å². The number of carbonyl (C=O) groups is 3. The van der Waals surface area contributed by atoms with Crippen molar-refractivity contribution < 1.29 is 19.1 Å². The van der Waals surface area contributed by atoms with Crippen molar-refractivity contribution in [3.63, 3.8) is 0 Å². The van der Waals surface area contributed by atoms with Gasteiger partial charge in [0.05, 0.1) is 11.3 Å². The third kappa shape index (κ3) is 5.52. The highest BCUT2D eigenvalue weighted by Gasteiger charge is 2.16. The molecule has 29 heavy (non-hydrogen) atoms. The molecule has 0 bridgehead atoms. The molecular formula is C22H20N2O4S. The summed E-state index contributed by atoms with van der Waals surface area (Å²) in [7, 11) is 0. The van der Waals surface area contributed by atoms with Gasteiger partial charge in [-0.2, -0.15) is 0 Å². The van der Waals surface area contributed by atoms with Crippen LogP contribution < -0.4 is 10.6 Å². The van der Waals surface area contributed by atoms with Crippen molar-refractivity contribution in [2.24, 2.45) is 0 Å². The molecule has 148 valence electrons. The number of benzene rings is 2. The van der Waals surface area contributed by atoms with Gasteiger partial charge in [0, 0.05) is 6.54 Å². The fourth-order valence-corrected chi connectivity index (χ4v) is 3.45. The monoisotopic (exact) mass is 408 g/mol. The van der Waals surface area contributed by atoms with E-state index in [1.165, 1.54) is 11.3 Å². The second-order valence-corrected chi connectivity index (χ2v) is 7.19. The van der Waals surface area contributed by atoms with E-state index in [1.807, 2.05) is 36.4 Å². The van der Waals surface area contributed by atoms with Crippen molar-refractivity contribution in [3.05, 3.63) is 87.6 Å². The van der Waals surface area contributed by atoms with Gasteiger partial charge in [-0.25, -0.2) is 4.79 Å². The van der Waals surface area contributed by atoms with Gasteiger partial charge in [-0.1, -0.05) is 42.5 Å². The third-order valence-electron chi connectivity index (χ3n) is 4.12. The van der Waals surface area contributed by atoms with Crippen LogP contribution in [0.3, 0.4) is 0 Å². The van der Waals surface area contributed by atoms with Gasteiger partial charge < -0.3 is 15.4 Å². The molecule has 0 unspecified atom stereocenters. The fraction of sp³-hybridized carbons (Fsp3) is 0.136. The summed E-state index contributed by atoms with van der Waals surface area (Å²) in [5.74, 6) is -1.37. The number of carbonyl (C=O) groups excluding carboxylic acids is 3. The van der Waals surface area contributed by atoms with Crippen LogP contribution in [-0.2, 0) is 16.1 Å². The van der Waals surface area contributed by atoms with E-state index >= 15 is 0 Å². The topological polar surface area (TPSA) is 84.5 Å². The molecule has 0 saturated carbocycles. The molecule has 0 aliphatic carbocycles. The lowest BCUT2D eigenvalue weighted by atomic mass is 10.1. The second kappa shape index (κ2) is 9.66. The zero-order valence-electron chi connectivity index (χ0n) is 15.8. The summed E-state index contributed by atoms with van der Waals surface area (Å²) >= 11 is 1.26. The van der Waals surface area contributed by atoms with Gasteiger partial charge in [0.1, 0.15) is 4.88 Å². The number of nitrogens with one attached hydrogen (secondary N) is 2. The quantitative estimate of drug-likeness (QED) is 0.583. The highest BCUT2D eigenvalue weighted by Crippen LogP contribution is 2.17. The van der Waals surface area contributed by atoms with Crippen LogP contribution >= 0.6 is 11.3 Å². The van der Waals surface area contributed by atoms with E-state index in [2.05, 4.69) is 10.6 Å². The maximum absolute atomic E-state index is 12.5. The minimum atomic E-state index is -0.540. The number of hydrogen-bond donors (Lipinski definition) is 2. The number of aryl methyl sites for hydroxylation is 1. The van der Waals surface area contributed by atoms with E-state index in [9.17, 15) is 14.4 Å². The minimum Gasteiger partial charge on any atom is -0.451 e. The lowest BCUT2D eigenvalue weighted by Gasteiger charge is -2.12. The first-order chi connectivity index (χ1) is 14.0. The minimum absolute atomic E-state index is 0.309. The Morgan fingerprint density at radius 1 is 0.966 bits per heavy atom. The lowest BCUT2D eigenvalue weighted by molar-refractivity contribution is -0.119. The van der Waals surface area contributed by atoms with Crippen molar-refractivity contribution in [2.75, 3.05) is 11.9 Å². The normalized spacial score (nSPS) is 10.2. The predicted octanol–water partition coefficient (Wildman–Crippen LogP) is 3.78. The number of amides is 2. The molecule has 7 heteroatoms. The van der Waals surface area contributed by atoms with E-state index < -0.39 is 18.5 Å². The molecule has 6 nitrogen and oxygen atoms in total. The van der Waals surface area contributed by atoms with Crippen molar-refractivity contribution in [1.82, 2.24) is 5.32 Å². The maximum atomic E-state index is 12.5. The van der Waals surface area contributed by atoms with Gasteiger partial charge in [-0.05, 0) is 41.6 Å². The first kappa shape index (κ1) is 20.3. The molecule has 0 spiro atoms. The van der Waals surface area contributed by atoms with E-state index in [0.717, 1.165) is 11.1 Å². The molecule has 1 aromatic heterocycles. The third-order valence-corrected chi connectivity index (χ3v) is 5.12. The number of anilines is 1. The van der Waals surface area contributed by atoms with Gasteiger partial charge >= 0.3 is 5.97 Å². The van der Waals surface area contributed by atoms with E-state index in [-0.39, 0.29) is 5.91 Å². The molecule has 2 aromatic carbocycles. The van der Waals surface area contributed by atoms with Crippen LogP contribution in [0.1, 0.15) is 31.2 Å². The van der Waals surface area contributed by atoms with Gasteiger partial charge in [0.15, 0.2) is 6.61 Å². The highest BCUT2D eigenvalue weighted by molar-refractivity contribution is 7.12. The van der Waals surface area contributed by atoms with E-state index in [1.54, 1.807) is 36.6 Å². The molecule has 3 rings (SSSR count). The SMILES string of the molecule is Cc1ccsc1C(=O)OCC(=O)Nc1ccccc1C(=O)NCc1ccccc1.